The summed E-state index contributed by atoms with van der Waals surface area (Å²) in [6, 6.07) is 18.0. The van der Waals surface area contributed by atoms with E-state index in [4.69, 9.17) is 10.3 Å². The van der Waals surface area contributed by atoms with Crippen LogP contribution in [0.5, 0.6) is 0 Å². The van der Waals surface area contributed by atoms with Crippen molar-refractivity contribution in [3.8, 4) is 0 Å². The zero-order valence-electron chi connectivity index (χ0n) is 11.7. The third-order valence-electron chi connectivity index (χ3n) is 3.29. The van der Waals surface area contributed by atoms with Gasteiger partial charge < -0.3 is 10.3 Å². The van der Waals surface area contributed by atoms with Gasteiger partial charge in [0.1, 0.15) is 0 Å². The predicted molar refractivity (Wildman–Crippen MR) is 81.8 cm³/mol. The zero-order chi connectivity index (χ0) is 14.5. The minimum atomic E-state index is 0.670. The fraction of sp³-hybridized carbons (Fsp3) is 0.176. The third kappa shape index (κ3) is 3.69. The molecular weight excluding hydrogens is 262 g/mol. The summed E-state index contributed by atoms with van der Waals surface area (Å²) < 4.78 is 5.30. The van der Waals surface area contributed by atoms with Gasteiger partial charge >= 0.3 is 0 Å². The Bertz CT molecular complexity index is 707. The quantitative estimate of drug-likeness (QED) is 0.729. The van der Waals surface area contributed by atoms with Gasteiger partial charge in [0, 0.05) is 18.5 Å². The molecule has 0 saturated carbocycles. The number of nitrogen functional groups attached to an aromatic ring is 1. The first kappa shape index (κ1) is 13.4. The van der Waals surface area contributed by atoms with Gasteiger partial charge in [-0.2, -0.15) is 4.98 Å². The number of rotatable bonds is 5. The van der Waals surface area contributed by atoms with Gasteiger partial charge in [0.05, 0.1) is 0 Å². The van der Waals surface area contributed by atoms with Crippen LogP contribution in [0.4, 0.5) is 5.69 Å². The Kier molecular flexibility index (Phi) is 3.96. The number of aromatic nitrogens is 2. The summed E-state index contributed by atoms with van der Waals surface area (Å²) in [4.78, 5) is 4.43. The maximum Gasteiger partial charge on any atom is 0.226 e. The molecule has 0 amide bonds. The largest absolute Gasteiger partial charge is 0.399 e. The lowest BCUT2D eigenvalue weighted by atomic mass is 10.1. The summed E-state index contributed by atoms with van der Waals surface area (Å²) in [7, 11) is 0. The molecular formula is C17H17N3O. The van der Waals surface area contributed by atoms with Crippen molar-refractivity contribution < 1.29 is 4.52 Å². The topological polar surface area (TPSA) is 64.9 Å². The minimum absolute atomic E-state index is 0.670. The lowest BCUT2D eigenvalue weighted by Gasteiger charge is -1.99. The highest BCUT2D eigenvalue weighted by atomic mass is 16.5. The molecule has 0 saturated heterocycles. The summed E-state index contributed by atoms with van der Waals surface area (Å²) in [6.07, 6.45) is 2.27. The van der Waals surface area contributed by atoms with E-state index in [9.17, 15) is 0 Å². The first-order valence-electron chi connectivity index (χ1n) is 6.99. The number of benzene rings is 2. The van der Waals surface area contributed by atoms with Crippen LogP contribution in [-0.2, 0) is 19.3 Å². The van der Waals surface area contributed by atoms with Crippen LogP contribution in [0, 0.1) is 0 Å². The van der Waals surface area contributed by atoms with Crippen molar-refractivity contribution in [1.82, 2.24) is 10.1 Å². The zero-order valence-corrected chi connectivity index (χ0v) is 11.7. The van der Waals surface area contributed by atoms with Crippen molar-refractivity contribution in [3.63, 3.8) is 0 Å². The van der Waals surface area contributed by atoms with Crippen molar-refractivity contribution >= 4 is 5.69 Å². The van der Waals surface area contributed by atoms with Gasteiger partial charge in [-0.1, -0.05) is 47.6 Å². The highest BCUT2D eigenvalue weighted by molar-refractivity contribution is 5.40. The Balaban J connectivity index is 1.60. The smallest absolute Gasteiger partial charge is 0.226 e. The van der Waals surface area contributed by atoms with Crippen LogP contribution in [0.2, 0.25) is 0 Å². The number of anilines is 1. The van der Waals surface area contributed by atoms with E-state index in [0.29, 0.717) is 12.3 Å². The number of hydrogen-bond acceptors (Lipinski definition) is 4. The molecule has 0 radical (unpaired) electrons. The Morgan fingerprint density at radius 3 is 2.52 bits per heavy atom. The summed E-state index contributed by atoms with van der Waals surface area (Å²) in [5.74, 6) is 1.40. The van der Waals surface area contributed by atoms with E-state index < -0.39 is 0 Å². The fourth-order valence-electron chi connectivity index (χ4n) is 2.24. The maximum atomic E-state index is 5.77. The Morgan fingerprint density at radius 1 is 0.905 bits per heavy atom. The van der Waals surface area contributed by atoms with Gasteiger partial charge in [0.2, 0.25) is 5.89 Å². The molecule has 0 atom stereocenters. The van der Waals surface area contributed by atoms with Crippen molar-refractivity contribution in [2.45, 2.75) is 19.3 Å². The van der Waals surface area contributed by atoms with Gasteiger partial charge in [0.25, 0.3) is 0 Å². The summed E-state index contributed by atoms with van der Waals surface area (Å²) in [5.41, 5.74) is 8.91. The van der Waals surface area contributed by atoms with Crippen molar-refractivity contribution in [1.29, 1.82) is 0 Å². The van der Waals surface area contributed by atoms with Crippen molar-refractivity contribution in [2.75, 3.05) is 5.73 Å². The molecule has 0 unspecified atom stereocenters. The van der Waals surface area contributed by atoms with Gasteiger partial charge in [-0.05, 0) is 29.7 Å². The van der Waals surface area contributed by atoms with Gasteiger partial charge in [0.15, 0.2) is 5.82 Å². The standard InChI is InChI=1S/C17H17N3O/c18-15-8-4-7-14(11-15)9-10-17-19-16(20-21-17)12-13-5-2-1-3-6-13/h1-8,11H,9-10,12,18H2. The molecule has 21 heavy (non-hydrogen) atoms. The van der Waals surface area contributed by atoms with Gasteiger partial charge in [-0.3, -0.25) is 0 Å². The minimum Gasteiger partial charge on any atom is -0.399 e. The second-order valence-corrected chi connectivity index (χ2v) is 5.01. The number of nitrogens with zero attached hydrogens (tertiary/aromatic N) is 2. The van der Waals surface area contributed by atoms with E-state index in [0.717, 1.165) is 24.4 Å². The molecule has 4 nitrogen and oxygen atoms in total. The Hall–Kier alpha value is -2.62. The van der Waals surface area contributed by atoms with Gasteiger partial charge in [-0.15, -0.1) is 0 Å². The molecule has 1 heterocycles. The van der Waals surface area contributed by atoms with Crippen LogP contribution < -0.4 is 5.73 Å². The second kappa shape index (κ2) is 6.22. The molecule has 0 bridgehead atoms. The van der Waals surface area contributed by atoms with E-state index in [1.807, 2.05) is 36.4 Å². The normalized spacial score (nSPS) is 10.7. The molecule has 1 aromatic heterocycles. The molecule has 2 aromatic carbocycles. The van der Waals surface area contributed by atoms with Crippen molar-refractivity contribution in [2.24, 2.45) is 0 Å². The van der Waals surface area contributed by atoms with E-state index >= 15 is 0 Å². The fourth-order valence-corrected chi connectivity index (χ4v) is 2.24. The molecule has 0 aliphatic rings. The van der Waals surface area contributed by atoms with Crippen LogP contribution in [0.3, 0.4) is 0 Å². The van der Waals surface area contributed by atoms with E-state index in [-0.39, 0.29) is 0 Å². The number of nitrogens with two attached hydrogens (primary N) is 1. The van der Waals surface area contributed by atoms with E-state index in [1.54, 1.807) is 0 Å². The van der Waals surface area contributed by atoms with Crippen LogP contribution >= 0.6 is 0 Å². The summed E-state index contributed by atoms with van der Waals surface area (Å²) in [5, 5.41) is 4.03. The molecule has 106 valence electrons. The molecule has 4 heteroatoms. The van der Waals surface area contributed by atoms with Crippen LogP contribution in [-0.4, -0.2) is 10.1 Å². The van der Waals surface area contributed by atoms with Gasteiger partial charge in [-0.25, -0.2) is 0 Å². The van der Waals surface area contributed by atoms with E-state index in [2.05, 4.69) is 28.3 Å². The molecule has 0 aliphatic carbocycles. The average Bonchev–Trinajstić information content (AvgIpc) is 2.94. The molecule has 2 N–H and O–H groups in total. The summed E-state index contributed by atoms with van der Waals surface area (Å²) in [6.45, 7) is 0. The van der Waals surface area contributed by atoms with Crippen LogP contribution in [0.25, 0.3) is 0 Å². The third-order valence-corrected chi connectivity index (χ3v) is 3.29. The molecule has 0 spiro atoms. The average molecular weight is 279 g/mol. The van der Waals surface area contributed by atoms with E-state index in [1.165, 1.54) is 11.1 Å². The second-order valence-electron chi connectivity index (χ2n) is 5.01. The summed E-state index contributed by atoms with van der Waals surface area (Å²) >= 11 is 0. The SMILES string of the molecule is Nc1cccc(CCc2nc(Cc3ccccc3)no2)c1. The first-order valence-corrected chi connectivity index (χ1v) is 6.99. The maximum absolute atomic E-state index is 5.77. The monoisotopic (exact) mass is 279 g/mol. The molecule has 3 aromatic rings. The first-order chi connectivity index (χ1) is 10.3. The molecule has 0 fully saturated rings. The number of hydrogen-bond donors (Lipinski definition) is 1. The predicted octanol–water partition coefficient (Wildman–Crippen LogP) is 3.03. The van der Waals surface area contributed by atoms with Crippen LogP contribution in [0.15, 0.2) is 59.1 Å². The molecule has 3 rings (SSSR count). The lowest BCUT2D eigenvalue weighted by Crippen LogP contribution is -1.94. The molecule has 0 aliphatic heterocycles. The highest BCUT2D eigenvalue weighted by Gasteiger charge is 2.07. The Labute approximate surface area is 123 Å². The lowest BCUT2D eigenvalue weighted by molar-refractivity contribution is 0.374. The highest BCUT2D eigenvalue weighted by Crippen LogP contribution is 2.11. The Morgan fingerprint density at radius 2 is 1.71 bits per heavy atom. The van der Waals surface area contributed by atoms with Crippen molar-refractivity contribution in [3.05, 3.63) is 77.4 Å². The van der Waals surface area contributed by atoms with Crippen LogP contribution in [0.1, 0.15) is 22.8 Å². The number of aryl methyl sites for hydroxylation is 2.